The number of likely N-dealkylation sites (tertiary alicyclic amines) is 1. The zero-order valence-corrected chi connectivity index (χ0v) is 15.6. The zero-order chi connectivity index (χ0) is 18.4. The normalized spacial score (nSPS) is 15.1. The number of carbonyl (C=O) groups is 1. The van der Waals surface area contributed by atoms with Gasteiger partial charge in [-0.05, 0) is 43.9 Å². The van der Waals surface area contributed by atoms with Crippen LogP contribution < -0.4 is 5.32 Å². The van der Waals surface area contributed by atoms with Crippen LogP contribution in [0.25, 0.3) is 0 Å². The number of amides is 2. The molecule has 2 heterocycles. The molecule has 2 amide bonds. The van der Waals surface area contributed by atoms with Crippen LogP contribution in [0.4, 0.5) is 4.79 Å². The Morgan fingerprint density at radius 2 is 1.92 bits per heavy atom. The van der Waals surface area contributed by atoms with Crippen molar-refractivity contribution in [2.45, 2.75) is 45.9 Å². The fraction of sp³-hybridized carbons (Fsp3) is 0.429. The van der Waals surface area contributed by atoms with E-state index in [1.54, 1.807) is 6.20 Å². The van der Waals surface area contributed by atoms with Crippen molar-refractivity contribution in [2.24, 2.45) is 0 Å². The van der Waals surface area contributed by atoms with E-state index in [-0.39, 0.29) is 12.1 Å². The third-order valence-corrected chi connectivity index (χ3v) is 4.66. The number of piperidine rings is 1. The van der Waals surface area contributed by atoms with Gasteiger partial charge in [0.2, 0.25) is 0 Å². The van der Waals surface area contributed by atoms with Crippen molar-refractivity contribution in [3.63, 3.8) is 0 Å². The molecule has 1 aromatic heterocycles. The SMILES string of the molecule is Cc1cc(C)cc(CNC(=O)N2CCC(OCc3cccnc3)CC2)c1. The Hall–Kier alpha value is -2.40. The van der Waals surface area contributed by atoms with Crippen molar-refractivity contribution >= 4 is 6.03 Å². The van der Waals surface area contributed by atoms with Crippen LogP contribution in [0.15, 0.2) is 42.7 Å². The van der Waals surface area contributed by atoms with E-state index in [0.717, 1.165) is 37.1 Å². The predicted molar refractivity (Wildman–Crippen MR) is 102 cm³/mol. The summed E-state index contributed by atoms with van der Waals surface area (Å²) in [4.78, 5) is 18.4. The molecule has 1 aliphatic rings. The zero-order valence-electron chi connectivity index (χ0n) is 15.6. The molecule has 1 aromatic carbocycles. The highest BCUT2D eigenvalue weighted by Gasteiger charge is 2.23. The minimum Gasteiger partial charge on any atom is -0.373 e. The fourth-order valence-electron chi connectivity index (χ4n) is 3.38. The molecule has 0 saturated carbocycles. The number of nitrogens with zero attached hydrogens (tertiary/aromatic N) is 2. The van der Waals surface area contributed by atoms with Crippen molar-refractivity contribution in [1.82, 2.24) is 15.2 Å². The van der Waals surface area contributed by atoms with Gasteiger partial charge in [-0.1, -0.05) is 35.4 Å². The summed E-state index contributed by atoms with van der Waals surface area (Å²) in [6, 6.07) is 10.3. The number of hydrogen-bond donors (Lipinski definition) is 1. The average molecular weight is 353 g/mol. The van der Waals surface area contributed by atoms with E-state index in [4.69, 9.17) is 4.74 Å². The van der Waals surface area contributed by atoms with E-state index in [1.165, 1.54) is 11.1 Å². The Bertz CT molecular complexity index is 705. The quantitative estimate of drug-likeness (QED) is 0.894. The van der Waals surface area contributed by atoms with Crippen molar-refractivity contribution in [1.29, 1.82) is 0 Å². The number of hydrogen-bond acceptors (Lipinski definition) is 3. The molecule has 0 unspecified atom stereocenters. The molecular weight excluding hydrogens is 326 g/mol. The summed E-state index contributed by atoms with van der Waals surface area (Å²) in [6.45, 7) is 6.77. The first-order valence-corrected chi connectivity index (χ1v) is 9.20. The van der Waals surface area contributed by atoms with Crippen molar-refractivity contribution in [3.05, 3.63) is 65.0 Å². The van der Waals surface area contributed by atoms with Gasteiger partial charge in [-0.25, -0.2) is 4.79 Å². The number of aromatic nitrogens is 1. The van der Waals surface area contributed by atoms with E-state index in [2.05, 4.69) is 42.3 Å². The average Bonchev–Trinajstić information content (AvgIpc) is 2.65. The summed E-state index contributed by atoms with van der Waals surface area (Å²) in [5.41, 5.74) is 4.67. The molecule has 0 radical (unpaired) electrons. The molecule has 1 aliphatic heterocycles. The molecule has 26 heavy (non-hydrogen) atoms. The lowest BCUT2D eigenvalue weighted by Crippen LogP contribution is -2.45. The lowest BCUT2D eigenvalue weighted by atomic mass is 10.1. The highest BCUT2D eigenvalue weighted by molar-refractivity contribution is 5.74. The minimum atomic E-state index is 0.00914. The van der Waals surface area contributed by atoms with Gasteiger partial charge in [-0.15, -0.1) is 0 Å². The van der Waals surface area contributed by atoms with Crippen LogP contribution in [0, 0.1) is 13.8 Å². The number of pyridine rings is 1. The van der Waals surface area contributed by atoms with Crippen molar-refractivity contribution < 1.29 is 9.53 Å². The molecule has 0 atom stereocenters. The molecule has 0 bridgehead atoms. The maximum atomic E-state index is 12.4. The maximum absolute atomic E-state index is 12.4. The van der Waals surface area contributed by atoms with Gasteiger partial charge in [-0.2, -0.15) is 0 Å². The number of nitrogens with one attached hydrogen (secondary N) is 1. The van der Waals surface area contributed by atoms with Crippen LogP contribution in [0.5, 0.6) is 0 Å². The van der Waals surface area contributed by atoms with Crippen LogP contribution in [-0.2, 0) is 17.9 Å². The molecule has 2 aromatic rings. The summed E-state index contributed by atoms with van der Waals surface area (Å²) < 4.78 is 5.95. The first-order chi connectivity index (χ1) is 12.6. The lowest BCUT2D eigenvalue weighted by molar-refractivity contribution is 0.00434. The van der Waals surface area contributed by atoms with E-state index in [1.807, 2.05) is 23.2 Å². The lowest BCUT2D eigenvalue weighted by Gasteiger charge is -2.32. The fourth-order valence-corrected chi connectivity index (χ4v) is 3.38. The van der Waals surface area contributed by atoms with Crippen LogP contribution in [0.3, 0.4) is 0 Å². The van der Waals surface area contributed by atoms with Crippen molar-refractivity contribution in [3.8, 4) is 0 Å². The van der Waals surface area contributed by atoms with Gasteiger partial charge in [0.1, 0.15) is 0 Å². The second kappa shape index (κ2) is 8.81. The number of aryl methyl sites for hydroxylation is 2. The molecule has 1 saturated heterocycles. The van der Waals surface area contributed by atoms with E-state index in [9.17, 15) is 4.79 Å². The first kappa shape index (κ1) is 18.4. The first-order valence-electron chi connectivity index (χ1n) is 9.20. The summed E-state index contributed by atoms with van der Waals surface area (Å²) in [7, 11) is 0. The number of rotatable bonds is 5. The summed E-state index contributed by atoms with van der Waals surface area (Å²) in [6.07, 6.45) is 5.54. The number of ether oxygens (including phenoxy) is 1. The van der Waals surface area contributed by atoms with Gasteiger partial charge in [0, 0.05) is 32.0 Å². The largest absolute Gasteiger partial charge is 0.373 e. The Morgan fingerprint density at radius 3 is 2.58 bits per heavy atom. The van der Waals surface area contributed by atoms with Crippen LogP contribution in [-0.4, -0.2) is 35.1 Å². The Labute approximate surface area is 155 Å². The van der Waals surface area contributed by atoms with E-state index in [0.29, 0.717) is 13.2 Å². The van der Waals surface area contributed by atoms with Crippen LogP contribution in [0.1, 0.15) is 35.1 Å². The highest BCUT2D eigenvalue weighted by Crippen LogP contribution is 2.16. The van der Waals surface area contributed by atoms with Gasteiger partial charge in [0.25, 0.3) is 0 Å². The van der Waals surface area contributed by atoms with Gasteiger partial charge in [0.15, 0.2) is 0 Å². The molecule has 0 spiro atoms. The third-order valence-electron chi connectivity index (χ3n) is 4.66. The second-order valence-electron chi connectivity index (χ2n) is 7.01. The van der Waals surface area contributed by atoms with Gasteiger partial charge in [-0.3, -0.25) is 4.98 Å². The molecule has 5 nitrogen and oxygen atoms in total. The Kier molecular flexibility index (Phi) is 6.23. The number of carbonyl (C=O) groups excluding carboxylic acids is 1. The topological polar surface area (TPSA) is 54.5 Å². The van der Waals surface area contributed by atoms with Gasteiger partial charge >= 0.3 is 6.03 Å². The van der Waals surface area contributed by atoms with Crippen LogP contribution >= 0.6 is 0 Å². The Balaban J connectivity index is 1.40. The smallest absolute Gasteiger partial charge is 0.317 e. The Morgan fingerprint density at radius 1 is 1.19 bits per heavy atom. The summed E-state index contributed by atoms with van der Waals surface area (Å²) >= 11 is 0. The van der Waals surface area contributed by atoms with Gasteiger partial charge in [0.05, 0.1) is 12.7 Å². The molecular formula is C21H27N3O2. The third kappa shape index (κ3) is 5.30. The van der Waals surface area contributed by atoms with Gasteiger partial charge < -0.3 is 15.0 Å². The molecule has 0 aliphatic carbocycles. The number of benzene rings is 1. The van der Waals surface area contributed by atoms with Crippen molar-refractivity contribution in [2.75, 3.05) is 13.1 Å². The molecule has 138 valence electrons. The standard InChI is InChI=1S/C21H27N3O2/c1-16-10-17(2)12-19(11-16)14-23-21(25)24-8-5-20(6-9-24)26-15-18-4-3-7-22-13-18/h3-4,7,10-13,20H,5-6,8-9,14-15H2,1-2H3,(H,23,25). The predicted octanol–water partition coefficient (Wildman–Crippen LogP) is 3.59. The molecule has 1 N–H and O–H groups in total. The maximum Gasteiger partial charge on any atom is 0.317 e. The highest BCUT2D eigenvalue weighted by atomic mass is 16.5. The molecule has 5 heteroatoms. The summed E-state index contributed by atoms with van der Waals surface area (Å²) in [5, 5.41) is 3.03. The molecule has 1 fully saturated rings. The van der Waals surface area contributed by atoms with Crippen LogP contribution in [0.2, 0.25) is 0 Å². The summed E-state index contributed by atoms with van der Waals surface area (Å²) in [5.74, 6) is 0. The minimum absolute atomic E-state index is 0.00914. The monoisotopic (exact) mass is 353 g/mol. The number of urea groups is 1. The second-order valence-corrected chi connectivity index (χ2v) is 7.01. The van der Waals surface area contributed by atoms with E-state index < -0.39 is 0 Å². The van der Waals surface area contributed by atoms with E-state index >= 15 is 0 Å². The molecule has 3 rings (SSSR count).